The SMILES string of the molecule is O=c1c(C(O)CCc2ccccc2)c[se]c2ccccc12. The van der Waals surface area contributed by atoms with Crippen molar-refractivity contribution in [2.45, 2.75) is 18.9 Å². The summed E-state index contributed by atoms with van der Waals surface area (Å²) < 4.78 is 1.11. The summed E-state index contributed by atoms with van der Waals surface area (Å²) in [7, 11) is 0. The fourth-order valence-corrected chi connectivity index (χ4v) is 4.45. The van der Waals surface area contributed by atoms with Crippen LogP contribution in [0.1, 0.15) is 23.7 Å². The van der Waals surface area contributed by atoms with Crippen LogP contribution in [0.15, 0.2) is 64.3 Å². The van der Waals surface area contributed by atoms with Crippen molar-refractivity contribution >= 4 is 24.1 Å². The van der Waals surface area contributed by atoms with Crippen molar-refractivity contribution in [3.05, 3.63) is 80.9 Å². The van der Waals surface area contributed by atoms with Crippen LogP contribution in [0.25, 0.3) is 9.65 Å². The molecule has 0 aliphatic rings. The third-order valence-corrected chi connectivity index (χ3v) is 5.67. The van der Waals surface area contributed by atoms with Crippen molar-refractivity contribution in [3.63, 3.8) is 0 Å². The number of aliphatic hydroxyl groups is 1. The number of hydrogen-bond acceptors (Lipinski definition) is 2. The van der Waals surface area contributed by atoms with Gasteiger partial charge in [-0.2, -0.15) is 0 Å². The molecule has 0 bridgehead atoms. The molecule has 106 valence electrons. The molecule has 0 fully saturated rings. The van der Waals surface area contributed by atoms with E-state index in [-0.39, 0.29) is 19.9 Å². The first-order valence-corrected chi connectivity index (χ1v) is 8.82. The van der Waals surface area contributed by atoms with E-state index in [4.69, 9.17) is 0 Å². The van der Waals surface area contributed by atoms with Crippen LogP contribution in [0.4, 0.5) is 0 Å². The van der Waals surface area contributed by atoms with Crippen LogP contribution in [0, 0.1) is 0 Å². The summed E-state index contributed by atoms with van der Waals surface area (Å²) in [6.45, 7) is 0. The molecule has 3 aromatic rings. The summed E-state index contributed by atoms with van der Waals surface area (Å²) in [5, 5.41) is 11.1. The standard InChI is InChI=1S/C18H16O2Se/c19-16(11-10-13-6-2-1-3-7-13)15-12-21-17-9-5-4-8-14(17)18(15)20/h1-9,12,16,19H,10-11H2. The zero-order valence-corrected chi connectivity index (χ0v) is 13.2. The third kappa shape index (κ3) is 3.16. The van der Waals surface area contributed by atoms with Gasteiger partial charge in [0.05, 0.1) is 0 Å². The van der Waals surface area contributed by atoms with Gasteiger partial charge in [0.1, 0.15) is 0 Å². The Balaban J connectivity index is 1.83. The maximum absolute atomic E-state index is 12.5. The molecule has 1 N–H and O–H groups in total. The zero-order valence-electron chi connectivity index (χ0n) is 11.5. The van der Waals surface area contributed by atoms with Crippen molar-refractivity contribution in [2.24, 2.45) is 0 Å². The summed E-state index contributed by atoms with van der Waals surface area (Å²) in [5.74, 6) is 0. The molecular formula is C18H16O2Se. The van der Waals surface area contributed by atoms with Gasteiger partial charge in [-0.05, 0) is 0 Å². The fourth-order valence-electron chi connectivity index (χ4n) is 2.43. The fraction of sp³-hybridized carbons (Fsp3) is 0.167. The average molecular weight is 343 g/mol. The second-order valence-electron chi connectivity index (χ2n) is 5.06. The van der Waals surface area contributed by atoms with E-state index in [9.17, 15) is 9.90 Å². The van der Waals surface area contributed by atoms with Gasteiger partial charge in [0, 0.05) is 0 Å². The number of hydrogen-bond donors (Lipinski definition) is 1. The molecule has 0 radical (unpaired) electrons. The number of aryl methyl sites for hydroxylation is 1. The van der Waals surface area contributed by atoms with Crippen molar-refractivity contribution in [3.8, 4) is 0 Å². The summed E-state index contributed by atoms with van der Waals surface area (Å²) in [5.41, 5.74) is 1.75. The van der Waals surface area contributed by atoms with E-state index < -0.39 is 6.10 Å². The van der Waals surface area contributed by atoms with E-state index in [1.807, 2.05) is 59.5 Å². The Bertz CT molecular complexity index is 793. The van der Waals surface area contributed by atoms with Crippen molar-refractivity contribution in [2.75, 3.05) is 0 Å². The molecule has 0 spiro atoms. The molecule has 1 aromatic heterocycles. The zero-order chi connectivity index (χ0) is 14.7. The predicted molar refractivity (Wildman–Crippen MR) is 86.9 cm³/mol. The average Bonchev–Trinajstić information content (AvgIpc) is 2.54. The summed E-state index contributed by atoms with van der Waals surface area (Å²) in [6.07, 6.45) is 0.689. The van der Waals surface area contributed by atoms with E-state index in [1.54, 1.807) is 0 Å². The predicted octanol–water partition coefficient (Wildman–Crippen LogP) is 2.92. The molecule has 2 nitrogen and oxygen atoms in total. The molecule has 0 aliphatic carbocycles. The van der Waals surface area contributed by atoms with Crippen molar-refractivity contribution in [1.82, 2.24) is 0 Å². The molecule has 1 heterocycles. The summed E-state index contributed by atoms with van der Waals surface area (Å²) in [4.78, 5) is 14.4. The molecule has 0 saturated heterocycles. The summed E-state index contributed by atoms with van der Waals surface area (Å²) >= 11 is 0.133. The van der Waals surface area contributed by atoms with Gasteiger partial charge in [0.2, 0.25) is 0 Å². The normalized spacial score (nSPS) is 12.4. The van der Waals surface area contributed by atoms with Crippen LogP contribution in [-0.2, 0) is 6.42 Å². The molecule has 3 heteroatoms. The third-order valence-electron chi connectivity index (χ3n) is 3.62. The minimum absolute atomic E-state index is 0.0145. The van der Waals surface area contributed by atoms with Crippen LogP contribution in [0.2, 0.25) is 0 Å². The van der Waals surface area contributed by atoms with E-state index in [0.29, 0.717) is 12.0 Å². The molecule has 1 unspecified atom stereocenters. The van der Waals surface area contributed by atoms with E-state index >= 15 is 0 Å². The van der Waals surface area contributed by atoms with Crippen LogP contribution in [-0.4, -0.2) is 19.6 Å². The number of fused-ring (bicyclic) bond motifs is 1. The quantitative estimate of drug-likeness (QED) is 0.740. The Hall–Kier alpha value is -1.67. The topological polar surface area (TPSA) is 37.3 Å². The Morgan fingerprint density at radius 2 is 1.71 bits per heavy atom. The second kappa shape index (κ2) is 6.40. The molecular weight excluding hydrogens is 327 g/mol. The molecule has 2 aromatic carbocycles. The Labute approximate surface area is 129 Å². The Kier molecular flexibility index (Phi) is 4.35. The molecule has 21 heavy (non-hydrogen) atoms. The summed E-state index contributed by atoms with van der Waals surface area (Å²) in [6, 6.07) is 17.7. The van der Waals surface area contributed by atoms with Crippen LogP contribution in [0.5, 0.6) is 0 Å². The van der Waals surface area contributed by atoms with Gasteiger partial charge in [-0.1, -0.05) is 0 Å². The molecule has 0 amide bonds. The molecule has 1 atom stereocenters. The number of benzene rings is 2. The second-order valence-corrected chi connectivity index (χ2v) is 6.97. The van der Waals surface area contributed by atoms with Gasteiger partial charge in [0.15, 0.2) is 0 Å². The van der Waals surface area contributed by atoms with Crippen molar-refractivity contribution in [1.29, 1.82) is 0 Å². The Morgan fingerprint density at radius 1 is 1.00 bits per heavy atom. The van der Waals surface area contributed by atoms with E-state index in [1.165, 1.54) is 5.56 Å². The van der Waals surface area contributed by atoms with Gasteiger partial charge in [-0.25, -0.2) is 0 Å². The van der Waals surface area contributed by atoms with Gasteiger partial charge < -0.3 is 0 Å². The number of aliphatic hydroxyl groups excluding tert-OH is 1. The van der Waals surface area contributed by atoms with Crippen LogP contribution >= 0.6 is 0 Å². The van der Waals surface area contributed by atoms with Crippen molar-refractivity contribution < 1.29 is 5.11 Å². The van der Waals surface area contributed by atoms with Crippen LogP contribution in [0.3, 0.4) is 0 Å². The van der Waals surface area contributed by atoms with E-state index in [2.05, 4.69) is 0 Å². The molecule has 0 aliphatic heterocycles. The number of rotatable bonds is 4. The first-order chi connectivity index (χ1) is 10.3. The molecule has 3 rings (SSSR count). The first-order valence-electron chi connectivity index (χ1n) is 6.98. The molecule has 0 saturated carbocycles. The van der Waals surface area contributed by atoms with Gasteiger partial charge in [-0.15, -0.1) is 0 Å². The Morgan fingerprint density at radius 3 is 2.52 bits per heavy atom. The maximum atomic E-state index is 12.5. The first kappa shape index (κ1) is 14.3. The minimum atomic E-state index is -0.673. The van der Waals surface area contributed by atoms with Gasteiger partial charge >= 0.3 is 129 Å². The van der Waals surface area contributed by atoms with Gasteiger partial charge in [-0.3, -0.25) is 0 Å². The van der Waals surface area contributed by atoms with E-state index in [0.717, 1.165) is 16.1 Å². The monoisotopic (exact) mass is 344 g/mol. The van der Waals surface area contributed by atoms with Gasteiger partial charge in [0.25, 0.3) is 0 Å². The van der Waals surface area contributed by atoms with Crippen LogP contribution < -0.4 is 5.43 Å².